The molecule has 162 valence electrons. The third-order valence-corrected chi connectivity index (χ3v) is 6.49. The van der Waals surface area contributed by atoms with Crippen LogP contribution in [0.2, 0.25) is 0 Å². The summed E-state index contributed by atoms with van der Waals surface area (Å²) in [7, 11) is 0. The second-order valence-corrected chi connectivity index (χ2v) is 8.39. The van der Waals surface area contributed by atoms with E-state index in [1.54, 1.807) is 24.3 Å². The molecule has 0 spiro atoms. The fourth-order valence-corrected chi connectivity index (χ4v) is 4.53. The van der Waals surface area contributed by atoms with Gasteiger partial charge in [-0.05, 0) is 80.5 Å². The molecule has 1 aliphatic heterocycles. The number of rotatable bonds is 6. The molecule has 1 saturated carbocycles. The van der Waals surface area contributed by atoms with E-state index < -0.39 is 5.41 Å². The predicted octanol–water partition coefficient (Wildman–Crippen LogP) is 4.34. The summed E-state index contributed by atoms with van der Waals surface area (Å²) < 4.78 is 5.95. The summed E-state index contributed by atoms with van der Waals surface area (Å²) >= 11 is 0. The normalized spacial score (nSPS) is 21.6. The van der Waals surface area contributed by atoms with E-state index in [1.165, 1.54) is 12.8 Å². The number of imide groups is 1. The second-order valence-electron chi connectivity index (χ2n) is 8.39. The summed E-state index contributed by atoms with van der Waals surface area (Å²) in [6, 6.07) is 14.5. The molecule has 1 heterocycles. The Morgan fingerprint density at radius 1 is 1.06 bits per heavy atom. The number of piperidine rings is 1. The molecule has 1 aliphatic carbocycles. The number of carbonyl (C=O) groups excluding carboxylic acids is 3. The number of amides is 3. The fraction of sp³-hybridized carbons (Fsp3) is 0.400. The quantitative estimate of drug-likeness (QED) is 0.681. The molecule has 1 unspecified atom stereocenters. The van der Waals surface area contributed by atoms with Crippen molar-refractivity contribution in [2.45, 2.75) is 63.4 Å². The van der Waals surface area contributed by atoms with Crippen LogP contribution in [0.25, 0.3) is 0 Å². The van der Waals surface area contributed by atoms with E-state index in [2.05, 4.69) is 10.6 Å². The summed E-state index contributed by atoms with van der Waals surface area (Å²) in [5, 5.41) is 5.35. The first-order valence-electron chi connectivity index (χ1n) is 11.0. The van der Waals surface area contributed by atoms with Crippen molar-refractivity contribution in [3.05, 3.63) is 59.7 Å². The van der Waals surface area contributed by atoms with Crippen LogP contribution in [0.15, 0.2) is 48.5 Å². The molecular formula is C25H28N2O4. The predicted molar refractivity (Wildman–Crippen MR) is 118 cm³/mol. The van der Waals surface area contributed by atoms with Gasteiger partial charge in [-0.2, -0.15) is 0 Å². The molecule has 31 heavy (non-hydrogen) atoms. The number of carbonyl (C=O) groups is 3. The Labute approximate surface area is 182 Å². The lowest BCUT2D eigenvalue weighted by Gasteiger charge is -2.35. The third-order valence-electron chi connectivity index (χ3n) is 6.49. The van der Waals surface area contributed by atoms with Gasteiger partial charge < -0.3 is 10.1 Å². The third kappa shape index (κ3) is 4.48. The Hall–Kier alpha value is -3.15. The molecule has 1 atom stereocenters. The van der Waals surface area contributed by atoms with Crippen molar-refractivity contribution in [2.24, 2.45) is 0 Å². The fourth-order valence-electron chi connectivity index (χ4n) is 4.53. The molecule has 2 N–H and O–H groups in total. The lowest BCUT2D eigenvalue weighted by Crippen LogP contribution is -2.51. The van der Waals surface area contributed by atoms with Crippen molar-refractivity contribution in [1.29, 1.82) is 0 Å². The highest BCUT2D eigenvalue weighted by Crippen LogP contribution is 2.36. The lowest BCUT2D eigenvalue weighted by atomic mass is 9.72. The monoisotopic (exact) mass is 420 g/mol. The Kier molecular flexibility index (Phi) is 6.07. The number of anilines is 1. The number of hydrogen-bond acceptors (Lipinski definition) is 4. The maximum atomic E-state index is 12.6. The van der Waals surface area contributed by atoms with Gasteiger partial charge in [0.1, 0.15) is 5.75 Å². The van der Waals surface area contributed by atoms with Crippen LogP contribution in [0, 0.1) is 0 Å². The van der Waals surface area contributed by atoms with Gasteiger partial charge in [0, 0.05) is 17.7 Å². The standard InChI is InChI=1S/C25H28N2O4/c1-2-25(16-15-22(28)27-24(25)30)18-9-11-19(12-10-18)26-23(29)17-7-13-21(14-8-17)31-20-5-3-4-6-20/h7-14,20H,2-6,15-16H2,1H3,(H,26,29)(H,27,28,30). The molecule has 3 amide bonds. The van der Waals surface area contributed by atoms with Crippen molar-refractivity contribution in [2.75, 3.05) is 5.32 Å². The van der Waals surface area contributed by atoms with Gasteiger partial charge in [-0.3, -0.25) is 19.7 Å². The van der Waals surface area contributed by atoms with Crippen LogP contribution in [-0.4, -0.2) is 23.8 Å². The summed E-state index contributed by atoms with van der Waals surface area (Å²) in [5.41, 5.74) is 1.36. The van der Waals surface area contributed by atoms with Gasteiger partial charge in [0.25, 0.3) is 5.91 Å². The van der Waals surface area contributed by atoms with E-state index in [4.69, 9.17) is 4.74 Å². The Balaban J connectivity index is 1.41. The van der Waals surface area contributed by atoms with Crippen LogP contribution >= 0.6 is 0 Å². The average molecular weight is 421 g/mol. The Morgan fingerprint density at radius 3 is 2.35 bits per heavy atom. The highest BCUT2D eigenvalue weighted by Gasteiger charge is 2.42. The van der Waals surface area contributed by atoms with E-state index in [9.17, 15) is 14.4 Å². The van der Waals surface area contributed by atoms with Gasteiger partial charge in [-0.15, -0.1) is 0 Å². The van der Waals surface area contributed by atoms with Crippen LogP contribution in [0.1, 0.15) is 67.8 Å². The molecular weight excluding hydrogens is 392 g/mol. The van der Waals surface area contributed by atoms with E-state index in [-0.39, 0.29) is 23.8 Å². The zero-order chi connectivity index (χ0) is 21.8. The van der Waals surface area contributed by atoms with Crippen LogP contribution in [0.3, 0.4) is 0 Å². The Morgan fingerprint density at radius 2 is 1.74 bits per heavy atom. The first kappa shape index (κ1) is 21.1. The van der Waals surface area contributed by atoms with Crippen molar-refractivity contribution < 1.29 is 19.1 Å². The SMILES string of the molecule is CCC1(c2ccc(NC(=O)c3ccc(OC4CCCC4)cc3)cc2)CCC(=O)NC1=O. The molecule has 2 fully saturated rings. The van der Waals surface area contributed by atoms with Crippen LogP contribution in [0.5, 0.6) is 5.75 Å². The van der Waals surface area contributed by atoms with E-state index >= 15 is 0 Å². The number of benzene rings is 2. The van der Waals surface area contributed by atoms with E-state index in [0.717, 1.165) is 24.2 Å². The summed E-state index contributed by atoms with van der Waals surface area (Å²) in [4.78, 5) is 36.7. The van der Waals surface area contributed by atoms with Crippen LogP contribution in [-0.2, 0) is 15.0 Å². The van der Waals surface area contributed by atoms with Gasteiger partial charge in [-0.1, -0.05) is 19.1 Å². The van der Waals surface area contributed by atoms with Crippen LogP contribution in [0.4, 0.5) is 5.69 Å². The highest BCUT2D eigenvalue weighted by molar-refractivity contribution is 6.05. The molecule has 0 aromatic heterocycles. The minimum absolute atomic E-state index is 0.202. The molecule has 4 rings (SSSR count). The topological polar surface area (TPSA) is 84.5 Å². The first-order valence-corrected chi connectivity index (χ1v) is 11.0. The van der Waals surface area contributed by atoms with Crippen molar-refractivity contribution in [1.82, 2.24) is 5.32 Å². The van der Waals surface area contributed by atoms with Gasteiger partial charge in [0.2, 0.25) is 11.8 Å². The van der Waals surface area contributed by atoms with Crippen LogP contribution < -0.4 is 15.4 Å². The van der Waals surface area contributed by atoms with Crippen molar-refractivity contribution >= 4 is 23.4 Å². The maximum Gasteiger partial charge on any atom is 0.255 e. The lowest BCUT2D eigenvalue weighted by molar-refractivity contribution is -0.138. The molecule has 1 saturated heterocycles. The molecule has 0 radical (unpaired) electrons. The first-order chi connectivity index (χ1) is 15.0. The van der Waals surface area contributed by atoms with E-state index in [1.807, 2.05) is 31.2 Å². The number of ether oxygens (including phenoxy) is 1. The molecule has 6 heteroatoms. The second kappa shape index (κ2) is 8.92. The minimum Gasteiger partial charge on any atom is -0.490 e. The molecule has 6 nitrogen and oxygen atoms in total. The Bertz CT molecular complexity index is 962. The smallest absolute Gasteiger partial charge is 0.255 e. The molecule has 0 bridgehead atoms. The van der Waals surface area contributed by atoms with Gasteiger partial charge in [-0.25, -0.2) is 0 Å². The highest BCUT2D eigenvalue weighted by atomic mass is 16.5. The summed E-state index contributed by atoms with van der Waals surface area (Å²) in [5.74, 6) is 0.119. The van der Waals surface area contributed by atoms with Crippen molar-refractivity contribution in [3.63, 3.8) is 0 Å². The van der Waals surface area contributed by atoms with Gasteiger partial charge in [0.15, 0.2) is 0 Å². The number of nitrogens with one attached hydrogen (secondary N) is 2. The van der Waals surface area contributed by atoms with Crippen molar-refractivity contribution in [3.8, 4) is 5.75 Å². The molecule has 2 aromatic carbocycles. The zero-order valence-corrected chi connectivity index (χ0v) is 17.8. The maximum absolute atomic E-state index is 12.6. The summed E-state index contributed by atoms with van der Waals surface area (Å²) in [6.45, 7) is 1.95. The van der Waals surface area contributed by atoms with Gasteiger partial charge >= 0.3 is 0 Å². The van der Waals surface area contributed by atoms with E-state index in [0.29, 0.717) is 30.5 Å². The molecule has 2 aliphatic rings. The minimum atomic E-state index is -0.703. The van der Waals surface area contributed by atoms with Gasteiger partial charge in [0.05, 0.1) is 11.5 Å². The summed E-state index contributed by atoms with van der Waals surface area (Å²) in [6.07, 6.45) is 6.33. The number of hydrogen-bond donors (Lipinski definition) is 2. The molecule has 2 aromatic rings. The largest absolute Gasteiger partial charge is 0.490 e. The zero-order valence-electron chi connectivity index (χ0n) is 17.8. The average Bonchev–Trinajstić information content (AvgIpc) is 3.28.